The molecular weight excluding hydrogens is 750 g/mol. The van der Waals surface area contributed by atoms with E-state index in [-0.39, 0.29) is 27.8 Å². The van der Waals surface area contributed by atoms with Gasteiger partial charge in [0.1, 0.15) is 5.30 Å². The predicted octanol–water partition coefficient (Wildman–Crippen LogP) is 14.5. The first-order chi connectivity index (χ1) is 24.8. The van der Waals surface area contributed by atoms with Crippen molar-refractivity contribution in [3.05, 3.63) is 150 Å². The molecule has 0 radical (unpaired) electrons. The van der Waals surface area contributed by atoms with E-state index in [9.17, 15) is 0 Å². The van der Waals surface area contributed by atoms with Gasteiger partial charge in [0.25, 0.3) is 0 Å². The second-order valence-electron chi connectivity index (χ2n) is 15.6. The Morgan fingerprint density at radius 2 is 0.981 bits per heavy atom. The molecule has 2 aliphatic rings. The molecule has 284 valence electrons. The van der Waals surface area contributed by atoms with Crippen LogP contribution in [0.4, 0.5) is 0 Å². The van der Waals surface area contributed by atoms with Gasteiger partial charge in [0.05, 0.1) is 11.3 Å². The Bertz CT molecular complexity index is 1770. The van der Waals surface area contributed by atoms with Gasteiger partial charge in [0, 0.05) is 39.5 Å². The molecule has 0 aliphatic heterocycles. The van der Waals surface area contributed by atoms with Crippen molar-refractivity contribution >= 4 is 13.2 Å². The largest absolute Gasteiger partial charge is 0.358 e. The zero-order chi connectivity index (χ0) is 35.9. The van der Waals surface area contributed by atoms with E-state index in [4.69, 9.17) is 0 Å². The number of hydrogen-bond donors (Lipinski definition) is 0. The van der Waals surface area contributed by atoms with Gasteiger partial charge in [-0.05, 0) is 126 Å². The molecule has 2 fully saturated rings. The summed E-state index contributed by atoms with van der Waals surface area (Å²) in [5, 5.41) is 1.79. The van der Waals surface area contributed by atoms with Gasteiger partial charge in [-0.2, -0.15) is 18.1 Å². The van der Waals surface area contributed by atoms with Crippen LogP contribution in [0, 0.1) is 61.5 Å². The van der Waals surface area contributed by atoms with E-state index in [1.54, 1.807) is 16.4 Å². The van der Waals surface area contributed by atoms with E-state index in [0.717, 1.165) is 16.9 Å². The number of rotatable bonds is 7. The van der Waals surface area contributed by atoms with Crippen LogP contribution in [0.2, 0.25) is 0 Å². The molecule has 2 saturated carbocycles. The standard InChI is InChI=1S/C36H47P.C14H12.CH3.Pd/c1-24-20-26(3)34(27(4)21-24)32-18-13-19-33(35-28(5)22-25(2)23-29(35)6)36(32)37(30-14-9-7-10-15-30)31-16-11-8-12-17-31;1-2-12-8-6-7-11-14(12)13-9-4-3-5-10-13;;/h13,18-23,30-31H,7-12,14-17H2,1-6H3;2-9,11H,1H3;1H3;/q;-2;-1;/p+1. The zero-order valence-corrected chi connectivity index (χ0v) is 36.3. The fraction of sp³-hybridized carbons (Fsp3) is 0.373. The van der Waals surface area contributed by atoms with Crippen LogP contribution in [-0.4, -0.2) is 11.3 Å². The SMILES string of the molecule is C[CH-]c1ccccc1-c1[c-]cccc1.Cc1cc(C)c(-c2cccc(-c3c(C)cc(C)cc3C)c2[PH+](C2CCCCC2)C2CCCCC2)c(C)c1.[CH3-].[Pd]. The molecule has 0 N–H and O–H groups in total. The van der Waals surface area contributed by atoms with Gasteiger partial charge in [0.15, 0.2) is 0 Å². The summed E-state index contributed by atoms with van der Waals surface area (Å²) < 4.78 is 0. The van der Waals surface area contributed by atoms with E-state index in [1.807, 2.05) is 18.2 Å². The van der Waals surface area contributed by atoms with Crippen molar-refractivity contribution in [1.82, 2.24) is 0 Å². The van der Waals surface area contributed by atoms with E-state index in [0.29, 0.717) is 0 Å². The van der Waals surface area contributed by atoms with Crippen molar-refractivity contribution in [3.8, 4) is 33.4 Å². The fourth-order valence-electron chi connectivity index (χ4n) is 9.61. The summed E-state index contributed by atoms with van der Waals surface area (Å²) in [6.45, 7) is 16.0. The maximum atomic E-state index is 3.24. The van der Waals surface area contributed by atoms with Crippen LogP contribution in [0.5, 0.6) is 0 Å². The summed E-state index contributed by atoms with van der Waals surface area (Å²) in [4.78, 5) is 0. The third-order valence-corrected chi connectivity index (χ3v) is 15.6. The average Bonchev–Trinajstić information content (AvgIpc) is 3.13. The van der Waals surface area contributed by atoms with Crippen molar-refractivity contribution < 1.29 is 20.4 Å². The third kappa shape index (κ3) is 10.0. The van der Waals surface area contributed by atoms with Crippen molar-refractivity contribution in [2.75, 3.05) is 0 Å². The van der Waals surface area contributed by atoms with Gasteiger partial charge in [0.2, 0.25) is 0 Å². The molecule has 0 bridgehead atoms. The monoisotopic (exact) mass is 812 g/mol. The minimum Gasteiger partial charge on any atom is -0.358 e. The number of benzene rings is 5. The van der Waals surface area contributed by atoms with Crippen molar-refractivity contribution in [1.29, 1.82) is 0 Å². The summed E-state index contributed by atoms with van der Waals surface area (Å²) in [6.07, 6.45) is 16.6. The summed E-state index contributed by atoms with van der Waals surface area (Å²) in [6, 6.07) is 36.7. The molecule has 0 unspecified atom stereocenters. The van der Waals surface area contributed by atoms with Crippen LogP contribution in [-0.2, 0) is 20.4 Å². The quantitative estimate of drug-likeness (QED) is 0.0872. The molecule has 2 aliphatic carbocycles. The summed E-state index contributed by atoms with van der Waals surface area (Å²) in [7, 11) is -0.763. The molecule has 0 heterocycles. The predicted molar refractivity (Wildman–Crippen MR) is 234 cm³/mol. The molecular formula is C51H63PPd-2. The van der Waals surface area contributed by atoms with E-state index in [2.05, 4.69) is 134 Å². The van der Waals surface area contributed by atoms with Crippen LogP contribution in [0.1, 0.15) is 110 Å². The third-order valence-electron chi connectivity index (χ3n) is 11.6. The second kappa shape index (κ2) is 20.1. The topological polar surface area (TPSA) is 0 Å². The smallest absolute Gasteiger partial charge is 0.108 e. The van der Waals surface area contributed by atoms with Crippen LogP contribution in [0.3, 0.4) is 0 Å². The van der Waals surface area contributed by atoms with E-state index < -0.39 is 7.92 Å². The summed E-state index contributed by atoms with van der Waals surface area (Å²) in [5.74, 6) is 0. The van der Waals surface area contributed by atoms with Crippen molar-refractivity contribution in [3.63, 3.8) is 0 Å². The molecule has 53 heavy (non-hydrogen) atoms. The average molecular weight is 813 g/mol. The molecule has 7 rings (SSSR count). The maximum Gasteiger partial charge on any atom is 0.108 e. The first-order valence-electron chi connectivity index (χ1n) is 19.8. The molecule has 0 saturated heterocycles. The molecule has 2 heteroatoms. The van der Waals surface area contributed by atoms with Gasteiger partial charge < -0.3 is 7.43 Å². The Hall–Kier alpha value is -2.94. The Balaban J connectivity index is 0.000000330. The fourth-order valence-corrected chi connectivity index (χ4v) is 14.2. The Morgan fingerprint density at radius 1 is 0.547 bits per heavy atom. The molecule has 0 atom stereocenters. The minimum atomic E-state index is -0.763. The van der Waals surface area contributed by atoms with E-state index in [1.165, 1.54) is 120 Å². The number of hydrogen-bond acceptors (Lipinski definition) is 0. The zero-order valence-electron chi connectivity index (χ0n) is 33.8. The van der Waals surface area contributed by atoms with Gasteiger partial charge in [-0.25, -0.2) is 0 Å². The first kappa shape index (κ1) is 42.8. The van der Waals surface area contributed by atoms with Gasteiger partial charge in [-0.15, -0.1) is 47.5 Å². The Kier molecular flexibility index (Phi) is 16.2. The van der Waals surface area contributed by atoms with Gasteiger partial charge in [-0.3, -0.25) is 0 Å². The van der Waals surface area contributed by atoms with Crippen molar-refractivity contribution in [2.24, 2.45) is 0 Å². The summed E-state index contributed by atoms with van der Waals surface area (Å²) >= 11 is 0. The molecule has 5 aromatic rings. The molecule has 0 nitrogen and oxygen atoms in total. The molecule has 0 spiro atoms. The molecule has 0 amide bonds. The number of aryl methyl sites for hydroxylation is 6. The molecule has 0 aromatic heterocycles. The normalized spacial score (nSPS) is 14.8. The van der Waals surface area contributed by atoms with Gasteiger partial charge in [-0.1, -0.05) is 85.5 Å². The Labute approximate surface area is 339 Å². The van der Waals surface area contributed by atoms with Crippen LogP contribution in [0.15, 0.2) is 91.0 Å². The van der Waals surface area contributed by atoms with Gasteiger partial charge >= 0.3 is 0 Å². The molecule has 5 aromatic carbocycles. The van der Waals surface area contributed by atoms with Crippen LogP contribution >= 0.6 is 7.92 Å². The second-order valence-corrected chi connectivity index (χ2v) is 18.6. The summed E-state index contributed by atoms with van der Waals surface area (Å²) in [5.41, 5.74) is 20.2. The van der Waals surface area contributed by atoms with Crippen LogP contribution < -0.4 is 5.30 Å². The maximum absolute atomic E-state index is 3.24. The Morgan fingerprint density at radius 3 is 1.42 bits per heavy atom. The van der Waals surface area contributed by atoms with Crippen molar-refractivity contribution in [2.45, 2.75) is 124 Å². The first-order valence-corrected chi connectivity index (χ1v) is 21.4. The minimum absolute atomic E-state index is 0. The van der Waals surface area contributed by atoms with E-state index >= 15 is 0 Å². The van der Waals surface area contributed by atoms with Crippen LogP contribution in [0.25, 0.3) is 33.4 Å².